The highest BCUT2D eigenvalue weighted by Gasteiger charge is 2.42. The van der Waals surface area contributed by atoms with Crippen LogP contribution in [-0.2, 0) is 9.59 Å². The zero-order valence-corrected chi connectivity index (χ0v) is 19.9. The zero-order chi connectivity index (χ0) is 23.4. The summed E-state index contributed by atoms with van der Waals surface area (Å²) >= 11 is 1.38. The summed E-state index contributed by atoms with van der Waals surface area (Å²) < 4.78 is 0. The van der Waals surface area contributed by atoms with Crippen molar-refractivity contribution in [1.82, 2.24) is 20.4 Å². The first kappa shape index (κ1) is 23.6. The number of carbonyl (C=O) groups is 4. The summed E-state index contributed by atoms with van der Waals surface area (Å²) in [6, 6.07) is 6.87. The molecule has 0 unspecified atom stereocenters. The van der Waals surface area contributed by atoms with Gasteiger partial charge in [0, 0.05) is 42.7 Å². The Balaban J connectivity index is 1.36. The number of rotatable bonds is 5. The van der Waals surface area contributed by atoms with Crippen LogP contribution in [0.5, 0.6) is 0 Å². The number of nitrogens with one attached hydrogen (secondary N) is 2. The van der Waals surface area contributed by atoms with Crippen LogP contribution in [0.25, 0.3) is 0 Å². The summed E-state index contributed by atoms with van der Waals surface area (Å²) in [6.07, 6.45) is 5.96. The van der Waals surface area contributed by atoms with Gasteiger partial charge in [0.2, 0.25) is 5.91 Å². The number of thioether (sulfide) groups is 1. The number of hydrogen-bond donors (Lipinski definition) is 2. The van der Waals surface area contributed by atoms with Crippen LogP contribution in [0.2, 0.25) is 0 Å². The SMILES string of the molecule is C[C@]1(CSc2ccccc2C(=O)N2CCC(C(=O)N3CCCCCC3)CC2)NC(=O)NC1=O. The Kier molecular flexibility index (Phi) is 7.26. The van der Waals surface area contributed by atoms with Crippen molar-refractivity contribution < 1.29 is 19.2 Å². The molecule has 5 amide bonds. The van der Waals surface area contributed by atoms with Crippen molar-refractivity contribution in [2.24, 2.45) is 5.92 Å². The van der Waals surface area contributed by atoms with Crippen LogP contribution in [-0.4, -0.2) is 71.0 Å². The molecule has 1 aromatic carbocycles. The lowest BCUT2D eigenvalue weighted by atomic mass is 9.94. The lowest BCUT2D eigenvalue weighted by molar-refractivity contribution is -0.136. The second kappa shape index (κ2) is 10.2. The number of benzene rings is 1. The van der Waals surface area contributed by atoms with E-state index in [1.807, 2.05) is 28.0 Å². The van der Waals surface area contributed by atoms with Crippen molar-refractivity contribution in [1.29, 1.82) is 0 Å². The van der Waals surface area contributed by atoms with Crippen LogP contribution >= 0.6 is 11.8 Å². The van der Waals surface area contributed by atoms with Gasteiger partial charge in [-0.25, -0.2) is 4.79 Å². The van der Waals surface area contributed by atoms with Crippen molar-refractivity contribution in [2.45, 2.75) is 55.9 Å². The molecule has 3 fully saturated rings. The lowest BCUT2D eigenvalue weighted by Gasteiger charge is -2.34. The van der Waals surface area contributed by atoms with Crippen molar-refractivity contribution >= 4 is 35.5 Å². The highest BCUT2D eigenvalue weighted by Crippen LogP contribution is 2.30. The van der Waals surface area contributed by atoms with Gasteiger partial charge in [-0.1, -0.05) is 25.0 Å². The molecule has 3 heterocycles. The second-order valence-electron chi connectivity index (χ2n) is 9.33. The molecular formula is C24H32N4O4S. The maximum atomic E-state index is 13.3. The number of likely N-dealkylation sites (tertiary alicyclic amines) is 2. The number of nitrogens with zero attached hydrogens (tertiary/aromatic N) is 2. The van der Waals surface area contributed by atoms with E-state index in [1.165, 1.54) is 24.6 Å². The highest BCUT2D eigenvalue weighted by molar-refractivity contribution is 7.99. The third kappa shape index (κ3) is 5.34. The van der Waals surface area contributed by atoms with Crippen molar-refractivity contribution in [3.63, 3.8) is 0 Å². The number of urea groups is 1. The third-order valence-corrected chi connectivity index (χ3v) is 8.19. The maximum Gasteiger partial charge on any atom is 0.322 e. The normalized spacial score (nSPS) is 24.3. The molecule has 0 aliphatic carbocycles. The summed E-state index contributed by atoms with van der Waals surface area (Å²) in [5, 5.41) is 4.92. The molecular weight excluding hydrogens is 440 g/mol. The standard InChI is InChI=1S/C24H32N4O4S/c1-24(22(31)25-23(32)26-24)16-33-19-9-5-4-8-18(19)21(30)28-14-10-17(11-15-28)20(29)27-12-6-2-3-7-13-27/h4-5,8-9,17H,2-3,6-7,10-16H2,1H3,(H2,25,26,31,32)/t24-/m1/s1. The summed E-state index contributed by atoms with van der Waals surface area (Å²) in [7, 11) is 0. The fraction of sp³-hybridized carbons (Fsp3) is 0.583. The first-order chi connectivity index (χ1) is 15.9. The van der Waals surface area contributed by atoms with Crippen molar-refractivity contribution in [3.8, 4) is 0 Å². The number of carbonyl (C=O) groups excluding carboxylic acids is 4. The van der Waals surface area contributed by atoms with E-state index >= 15 is 0 Å². The smallest absolute Gasteiger partial charge is 0.322 e. The molecule has 1 aromatic rings. The summed E-state index contributed by atoms with van der Waals surface area (Å²) in [4.78, 5) is 54.5. The lowest BCUT2D eigenvalue weighted by Crippen LogP contribution is -2.46. The van der Waals surface area contributed by atoms with Gasteiger partial charge in [-0.15, -0.1) is 11.8 Å². The summed E-state index contributed by atoms with van der Waals surface area (Å²) in [5.74, 6) is 0.163. The van der Waals surface area contributed by atoms with Gasteiger partial charge in [0.15, 0.2) is 0 Å². The summed E-state index contributed by atoms with van der Waals surface area (Å²) in [5.41, 5.74) is -0.419. The zero-order valence-electron chi connectivity index (χ0n) is 19.1. The molecule has 3 aliphatic heterocycles. The van der Waals surface area contributed by atoms with Crippen LogP contribution in [0.15, 0.2) is 29.2 Å². The minimum absolute atomic E-state index is 0.00112. The Labute approximate surface area is 198 Å². The molecule has 3 saturated heterocycles. The fourth-order valence-electron chi connectivity index (χ4n) is 4.72. The van der Waals surface area contributed by atoms with E-state index in [2.05, 4.69) is 10.6 Å². The minimum atomic E-state index is -1.01. The topological polar surface area (TPSA) is 98.8 Å². The maximum absolute atomic E-state index is 13.3. The van der Waals surface area contributed by atoms with Gasteiger partial charge in [-0.2, -0.15) is 0 Å². The summed E-state index contributed by atoms with van der Waals surface area (Å²) in [6.45, 7) is 4.53. The monoisotopic (exact) mass is 472 g/mol. The van der Waals surface area contributed by atoms with E-state index in [-0.39, 0.29) is 23.6 Å². The second-order valence-corrected chi connectivity index (χ2v) is 10.3. The van der Waals surface area contributed by atoms with E-state index in [4.69, 9.17) is 0 Å². The molecule has 178 valence electrons. The average molecular weight is 473 g/mol. The van der Waals surface area contributed by atoms with Gasteiger partial charge < -0.3 is 15.1 Å². The Bertz CT molecular complexity index is 923. The molecule has 33 heavy (non-hydrogen) atoms. The van der Waals surface area contributed by atoms with E-state index < -0.39 is 11.6 Å². The highest BCUT2D eigenvalue weighted by atomic mass is 32.2. The molecule has 2 N–H and O–H groups in total. The molecule has 1 atom stereocenters. The van der Waals surface area contributed by atoms with Crippen LogP contribution in [0.4, 0.5) is 4.79 Å². The number of imide groups is 1. The van der Waals surface area contributed by atoms with Gasteiger partial charge in [-0.05, 0) is 44.7 Å². The van der Waals surface area contributed by atoms with E-state index in [0.717, 1.165) is 30.8 Å². The first-order valence-corrected chi connectivity index (χ1v) is 12.8. The minimum Gasteiger partial charge on any atom is -0.342 e. The van der Waals surface area contributed by atoms with Gasteiger partial charge in [0.25, 0.3) is 11.8 Å². The Morgan fingerprint density at radius 2 is 1.67 bits per heavy atom. The molecule has 0 saturated carbocycles. The fourth-order valence-corrected chi connectivity index (χ4v) is 5.85. The molecule has 9 heteroatoms. The quantitative estimate of drug-likeness (QED) is 0.507. The molecule has 0 aromatic heterocycles. The Hall–Kier alpha value is -2.55. The van der Waals surface area contributed by atoms with Gasteiger partial charge in [0.05, 0.1) is 5.56 Å². The van der Waals surface area contributed by atoms with Crippen LogP contribution < -0.4 is 10.6 Å². The van der Waals surface area contributed by atoms with Crippen LogP contribution in [0.1, 0.15) is 55.8 Å². The van der Waals surface area contributed by atoms with Crippen molar-refractivity contribution in [3.05, 3.63) is 29.8 Å². The van der Waals surface area contributed by atoms with Gasteiger partial charge in [0.1, 0.15) is 5.54 Å². The average Bonchev–Trinajstić information content (AvgIpc) is 3.00. The largest absolute Gasteiger partial charge is 0.342 e. The van der Waals surface area contributed by atoms with Gasteiger partial charge in [-0.3, -0.25) is 19.7 Å². The first-order valence-electron chi connectivity index (χ1n) is 11.8. The molecule has 0 bridgehead atoms. The number of piperidine rings is 1. The predicted molar refractivity (Wildman–Crippen MR) is 126 cm³/mol. The number of amides is 5. The molecule has 3 aliphatic rings. The molecule has 8 nitrogen and oxygen atoms in total. The van der Waals surface area contributed by atoms with Crippen LogP contribution in [0.3, 0.4) is 0 Å². The molecule has 0 radical (unpaired) electrons. The Morgan fingerprint density at radius 3 is 2.30 bits per heavy atom. The third-order valence-electron chi connectivity index (χ3n) is 6.80. The van der Waals surface area contributed by atoms with Crippen molar-refractivity contribution in [2.75, 3.05) is 31.9 Å². The van der Waals surface area contributed by atoms with E-state index in [0.29, 0.717) is 37.2 Å². The molecule has 4 rings (SSSR count). The van der Waals surface area contributed by atoms with E-state index in [1.54, 1.807) is 13.0 Å². The Morgan fingerprint density at radius 1 is 1.00 bits per heavy atom. The molecule has 0 spiro atoms. The predicted octanol–water partition coefficient (Wildman–Crippen LogP) is 2.63. The van der Waals surface area contributed by atoms with Crippen LogP contribution in [0, 0.1) is 5.92 Å². The number of hydrogen-bond acceptors (Lipinski definition) is 5. The van der Waals surface area contributed by atoms with E-state index in [9.17, 15) is 19.2 Å². The van der Waals surface area contributed by atoms with Gasteiger partial charge >= 0.3 is 6.03 Å².